The van der Waals surface area contributed by atoms with Gasteiger partial charge in [-0.05, 0) is 46.8 Å². The molecule has 0 aromatic heterocycles. The van der Waals surface area contributed by atoms with Gasteiger partial charge in [0.05, 0.1) is 10.9 Å². The van der Waals surface area contributed by atoms with E-state index in [1.807, 2.05) is 0 Å². The highest BCUT2D eigenvalue weighted by atomic mass is 19.3. The van der Waals surface area contributed by atoms with Crippen LogP contribution in [0.2, 0.25) is 0 Å². The third-order valence-electron chi connectivity index (χ3n) is 3.93. The van der Waals surface area contributed by atoms with E-state index >= 15 is 0 Å². The molecule has 27 heavy (non-hydrogen) atoms. The second-order valence-corrected chi connectivity index (χ2v) is 5.70. The maximum absolute atomic E-state index is 14.5. The van der Waals surface area contributed by atoms with Crippen LogP contribution in [-0.2, 0) is 0 Å². The van der Waals surface area contributed by atoms with Gasteiger partial charge >= 0.3 is 0 Å². The summed E-state index contributed by atoms with van der Waals surface area (Å²) >= 11 is 0. The minimum Gasteiger partial charge on any atom is -0.490 e. The molecule has 3 aromatic rings. The molecule has 0 aliphatic carbocycles. The van der Waals surface area contributed by atoms with Crippen LogP contribution in [0.25, 0.3) is 28.0 Å². The van der Waals surface area contributed by atoms with Crippen LogP contribution in [0.4, 0.5) is 22.0 Å². The molecule has 0 aliphatic heterocycles. The van der Waals surface area contributed by atoms with Gasteiger partial charge < -0.3 is 4.74 Å². The van der Waals surface area contributed by atoms with E-state index in [1.165, 1.54) is 6.07 Å². The topological polar surface area (TPSA) is 9.23 Å². The van der Waals surface area contributed by atoms with Crippen LogP contribution in [0.3, 0.4) is 0 Å². The highest BCUT2D eigenvalue weighted by molar-refractivity contribution is 5.90. The first-order chi connectivity index (χ1) is 12.9. The summed E-state index contributed by atoms with van der Waals surface area (Å²) in [6, 6.07) is 9.97. The Morgan fingerprint density at radius 1 is 0.926 bits per heavy atom. The lowest BCUT2D eigenvalue weighted by Crippen LogP contribution is -1.95. The zero-order chi connectivity index (χ0) is 19.6. The van der Waals surface area contributed by atoms with Gasteiger partial charge in [0.2, 0.25) is 0 Å². The van der Waals surface area contributed by atoms with Crippen molar-refractivity contribution < 1.29 is 26.7 Å². The van der Waals surface area contributed by atoms with Gasteiger partial charge in [0.15, 0.2) is 0 Å². The van der Waals surface area contributed by atoms with Crippen molar-refractivity contribution in [1.29, 1.82) is 0 Å². The van der Waals surface area contributed by atoms with Crippen molar-refractivity contribution in [3.63, 3.8) is 0 Å². The number of benzene rings is 3. The third-order valence-corrected chi connectivity index (χ3v) is 3.93. The molecule has 0 radical (unpaired) electrons. The lowest BCUT2D eigenvalue weighted by molar-refractivity contribution is 0.363. The smallest absolute Gasteiger partial charge is 0.271 e. The molecule has 0 fully saturated rings. The summed E-state index contributed by atoms with van der Waals surface area (Å²) in [5.41, 5.74) is 0.00764. The second kappa shape index (κ2) is 7.61. The second-order valence-electron chi connectivity index (χ2n) is 5.70. The van der Waals surface area contributed by atoms with Crippen molar-refractivity contribution in [3.05, 3.63) is 84.2 Å². The number of halogens is 5. The largest absolute Gasteiger partial charge is 0.490 e. The maximum Gasteiger partial charge on any atom is 0.271 e. The molecular formula is C21H13F5O. The van der Waals surface area contributed by atoms with Gasteiger partial charge in [0.1, 0.15) is 29.8 Å². The SMILES string of the molecule is C=CCOc1ccc(-c2cc(F)c3c(F)c(C=C(F)F)c(F)cc3c2)cc1. The molecule has 0 bridgehead atoms. The predicted octanol–water partition coefficient (Wildman–Crippen LogP) is 6.73. The lowest BCUT2D eigenvalue weighted by atomic mass is 9.98. The maximum atomic E-state index is 14.5. The molecule has 6 heteroatoms. The third kappa shape index (κ3) is 3.84. The van der Waals surface area contributed by atoms with Crippen molar-refractivity contribution >= 4 is 16.8 Å². The van der Waals surface area contributed by atoms with E-state index in [-0.39, 0.29) is 11.5 Å². The van der Waals surface area contributed by atoms with E-state index in [1.54, 1.807) is 30.3 Å². The van der Waals surface area contributed by atoms with Gasteiger partial charge in [0.25, 0.3) is 6.08 Å². The molecular weight excluding hydrogens is 363 g/mol. The minimum atomic E-state index is -2.28. The summed E-state index contributed by atoms with van der Waals surface area (Å²) < 4.78 is 73.0. The zero-order valence-electron chi connectivity index (χ0n) is 13.9. The number of hydrogen-bond donors (Lipinski definition) is 0. The first kappa shape index (κ1) is 18.6. The quantitative estimate of drug-likeness (QED) is 0.354. The fourth-order valence-corrected chi connectivity index (χ4v) is 2.73. The molecule has 0 aliphatic rings. The Hall–Kier alpha value is -3.15. The molecule has 138 valence electrons. The van der Waals surface area contributed by atoms with Gasteiger partial charge in [-0.2, -0.15) is 8.78 Å². The van der Waals surface area contributed by atoms with Gasteiger partial charge in [-0.3, -0.25) is 0 Å². The van der Waals surface area contributed by atoms with E-state index in [2.05, 4.69) is 6.58 Å². The molecule has 0 saturated carbocycles. The average molecular weight is 376 g/mol. The van der Waals surface area contributed by atoms with Crippen molar-refractivity contribution in [2.24, 2.45) is 0 Å². The van der Waals surface area contributed by atoms with Crippen LogP contribution < -0.4 is 4.74 Å². The fraction of sp³-hybridized carbons (Fsp3) is 0.0476. The zero-order valence-corrected chi connectivity index (χ0v) is 13.9. The van der Waals surface area contributed by atoms with Gasteiger partial charge in [0, 0.05) is 6.08 Å². The van der Waals surface area contributed by atoms with Crippen LogP contribution in [0.15, 0.2) is 61.2 Å². The monoisotopic (exact) mass is 376 g/mol. The van der Waals surface area contributed by atoms with Crippen molar-refractivity contribution in [2.45, 2.75) is 0 Å². The summed E-state index contributed by atoms with van der Waals surface area (Å²) in [4.78, 5) is 0. The summed E-state index contributed by atoms with van der Waals surface area (Å²) in [5, 5.41) is -0.609. The van der Waals surface area contributed by atoms with Crippen molar-refractivity contribution in [3.8, 4) is 16.9 Å². The first-order valence-electron chi connectivity index (χ1n) is 7.88. The lowest BCUT2D eigenvalue weighted by Gasteiger charge is -2.10. The highest BCUT2D eigenvalue weighted by Gasteiger charge is 2.17. The summed E-state index contributed by atoms with van der Waals surface area (Å²) in [5.74, 6) is -2.95. The van der Waals surface area contributed by atoms with Crippen molar-refractivity contribution in [2.75, 3.05) is 6.61 Å². The molecule has 0 saturated heterocycles. The molecule has 1 nitrogen and oxygen atoms in total. The van der Waals surface area contributed by atoms with E-state index in [0.717, 1.165) is 12.1 Å². The molecule has 3 aromatic carbocycles. The van der Waals surface area contributed by atoms with Gasteiger partial charge in [-0.25, -0.2) is 13.2 Å². The Balaban J connectivity index is 2.09. The standard InChI is InChI=1S/C21H13F5O/c1-2-7-27-15-5-3-12(4-6-15)13-8-14-10-17(22)16(11-19(24)25)21(26)20(14)18(23)9-13/h2-6,8-11H,1,7H2. The van der Waals surface area contributed by atoms with Crippen LogP contribution in [-0.4, -0.2) is 6.61 Å². The molecule has 0 atom stereocenters. The van der Waals surface area contributed by atoms with Crippen LogP contribution in [0.1, 0.15) is 5.56 Å². The first-order valence-corrected chi connectivity index (χ1v) is 7.88. The normalized spacial score (nSPS) is 10.7. The Morgan fingerprint density at radius 3 is 2.26 bits per heavy atom. The number of rotatable bonds is 5. The number of fused-ring (bicyclic) bond motifs is 1. The van der Waals surface area contributed by atoms with E-state index in [0.29, 0.717) is 23.5 Å². The molecule has 0 amide bonds. The number of hydrogen-bond acceptors (Lipinski definition) is 1. The minimum absolute atomic E-state index is 0.0411. The number of ether oxygens (including phenoxy) is 1. The van der Waals surface area contributed by atoms with Crippen LogP contribution in [0.5, 0.6) is 5.75 Å². The molecule has 0 unspecified atom stereocenters. The summed E-state index contributed by atoms with van der Waals surface area (Å²) in [6.07, 6.45) is -0.643. The van der Waals surface area contributed by atoms with Crippen LogP contribution >= 0.6 is 0 Å². The highest BCUT2D eigenvalue weighted by Crippen LogP contribution is 2.33. The predicted molar refractivity (Wildman–Crippen MR) is 95.1 cm³/mol. The van der Waals surface area contributed by atoms with Gasteiger partial charge in [-0.1, -0.05) is 24.8 Å². The van der Waals surface area contributed by atoms with E-state index in [4.69, 9.17) is 4.74 Å². The Kier molecular flexibility index (Phi) is 5.26. The Morgan fingerprint density at radius 2 is 1.63 bits per heavy atom. The molecule has 0 heterocycles. The molecule has 3 rings (SSSR count). The van der Waals surface area contributed by atoms with E-state index in [9.17, 15) is 22.0 Å². The van der Waals surface area contributed by atoms with Crippen molar-refractivity contribution in [1.82, 2.24) is 0 Å². The van der Waals surface area contributed by atoms with Gasteiger partial charge in [-0.15, -0.1) is 0 Å². The fourth-order valence-electron chi connectivity index (χ4n) is 2.73. The Bertz CT molecular complexity index is 1030. The molecule has 0 N–H and O–H groups in total. The average Bonchev–Trinajstić information content (AvgIpc) is 2.63. The molecule has 0 spiro atoms. The van der Waals surface area contributed by atoms with E-state index < -0.39 is 34.5 Å². The summed E-state index contributed by atoms with van der Waals surface area (Å²) in [7, 11) is 0. The van der Waals surface area contributed by atoms with Crippen LogP contribution in [0, 0.1) is 17.5 Å². The Labute approximate surface area is 152 Å². The summed E-state index contributed by atoms with van der Waals surface area (Å²) in [6.45, 7) is 3.87.